The molecule has 1 unspecified atom stereocenters. The van der Waals surface area contributed by atoms with E-state index < -0.39 is 5.92 Å². The van der Waals surface area contributed by atoms with Crippen molar-refractivity contribution in [3.05, 3.63) is 53.9 Å². The van der Waals surface area contributed by atoms with Gasteiger partial charge in [-0.2, -0.15) is 5.26 Å². The van der Waals surface area contributed by atoms with Crippen molar-refractivity contribution in [1.29, 1.82) is 5.26 Å². The van der Waals surface area contributed by atoms with Crippen molar-refractivity contribution in [2.75, 3.05) is 6.79 Å². The van der Waals surface area contributed by atoms with Gasteiger partial charge in [0, 0.05) is 18.0 Å². The molecule has 5 heteroatoms. The molecule has 1 atom stereocenters. The number of pyridine rings is 1. The van der Waals surface area contributed by atoms with E-state index in [2.05, 4.69) is 4.98 Å². The van der Waals surface area contributed by atoms with E-state index in [9.17, 15) is 10.1 Å². The number of rotatable bonds is 3. The molecule has 1 aromatic heterocycles. The van der Waals surface area contributed by atoms with Crippen LogP contribution in [0.2, 0.25) is 0 Å². The van der Waals surface area contributed by atoms with Crippen LogP contribution in [0.15, 0.2) is 42.7 Å². The number of ether oxygens (including phenoxy) is 2. The van der Waals surface area contributed by atoms with Crippen LogP contribution in [0.4, 0.5) is 0 Å². The van der Waals surface area contributed by atoms with Crippen molar-refractivity contribution in [2.45, 2.75) is 5.92 Å². The third kappa shape index (κ3) is 2.08. The van der Waals surface area contributed by atoms with E-state index in [-0.39, 0.29) is 12.6 Å². The highest BCUT2D eigenvalue weighted by Gasteiger charge is 2.24. The normalized spacial score (nSPS) is 13.6. The zero-order valence-corrected chi connectivity index (χ0v) is 10.4. The van der Waals surface area contributed by atoms with Crippen LogP contribution in [-0.2, 0) is 0 Å². The first kappa shape index (κ1) is 12.2. The summed E-state index contributed by atoms with van der Waals surface area (Å²) in [7, 11) is 0. The number of benzene rings is 1. The van der Waals surface area contributed by atoms with Gasteiger partial charge in [-0.15, -0.1) is 0 Å². The average Bonchev–Trinajstić information content (AvgIpc) is 2.96. The van der Waals surface area contributed by atoms with Gasteiger partial charge in [-0.3, -0.25) is 9.78 Å². The van der Waals surface area contributed by atoms with Crippen molar-refractivity contribution in [1.82, 2.24) is 4.98 Å². The SMILES string of the molecule is N#CC(C(=O)c1ccc2c(c1)OCO2)c1ccncc1. The zero-order chi connectivity index (χ0) is 13.9. The monoisotopic (exact) mass is 266 g/mol. The van der Waals surface area contributed by atoms with Crippen molar-refractivity contribution >= 4 is 5.78 Å². The van der Waals surface area contributed by atoms with Gasteiger partial charge in [-0.05, 0) is 35.9 Å². The largest absolute Gasteiger partial charge is 0.454 e. The fourth-order valence-electron chi connectivity index (χ4n) is 2.06. The second-order valence-electron chi connectivity index (χ2n) is 4.27. The Balaban J connectivity index is 1.94. The molecular formula is C15H10N2O3. The number of carbonyl (C=O) groups excluding carboxylic acids is 1. The number of aromatic nitrogens is 1. The third-order valence-electron chi connectivity index (χ3n) is 3.09. The van der Waals surface area contributed by atoms with Crippen LogP contribution in [0.25, 0.3) is 0 Å². The molecule has 0 spiro atoms. The number of hydrogen-bond acceptors (Lipinski definition) is 5. The third-order valence-corrected chi connectivity index (χ3v) is 3.09. The Labute approximate surface area is 115 Å². The molecule has 0 aliphatic carbocycles. The average molecular weight is 266 g/mol. The van der Waals surface area contributed by atoms with Gasteiger partial charge in [-0.1, -0.05) is 0 Å². The van der Waals surface area contributed by atoms with Crippen LogP contribution in [0.3, 0.4) is 0 Å². The molecule has 0 N–H and O–H groups in total. The van der Waals surface area contributed by atoms with Crippen molar-refractivity contribution in [3.8, 4) is 17.6 Å². The summed E-state index contributed by atoms with van der Waals surface area (Å²) in [5.74, 6) is 0.0246. The second-order valence-corrected chi connectivity index (χ2v) is 4.27. The maximum absolute atomic E-state index is 12.4. The van der Waals surface area contributed by atoms with Gasteiger partial charge < -0.3 is 9.47 Å². The number of nitriles is 1. The maximum Gasteiger partial charge on any atom is 0.231 e. The smallest absolute Gasteiger partial charge is 0.231 e. The van der Waals surface area contributed by atoms with Crippen LogP contribution in [0.5, 0.6) is 11.5 Å². The molecule has 5 nitrogen and oxygen atoms in total. The van der Waals surface area contributed by atoms with E-state index in [0.29, 0.717) is 22.6 Å². The van der Waals surface area contributed by atoms with E-state index in [4.69, 9.17) is 9.47 Å². The summed E-state index contributed by atoms with van der Waals surface area (Å²) in [6.45, 7) is 0.152. The quantitative estimate of drug-likeness (QED) is 0.797. The van der Waals surface area contributed by atoms with E-state index in [1.807, 2.05) is 6.07 Å². The minimum absolute atomic E-state index is 0.152. The van der Waals surface area contributed by atoms with Gasteiger partial charge >= 0.3 is 0 Å². The molecule has 2 heterocycles. The summed E-state index contributed by atoms with van der Waals surface area (Å²) in [6, 6.07) is 10.3. The molecule has 1 aliphatic rings. The van der Waals surface area contributed by atoms with E-state index in [1.165, 1.54) is 0 Å². The molecule has 0 radical (unpaired) electrons. The van der Waals surface area contributed by atoms with Crippen LogP contribution in [-0.4, -0.2) is 17.6 Å². The minimum Gasteiger partial charge on any atom is -0.454 e. The van der Waals surface area contributed by atoms with Crippen LogP contribution < -0.4 is 9.47 Å². The summed E-state index contributed by atoms with van der Waals surface area (Å²) in [5, 5.41) is 9.26. The van der Waals surface area contributed by atoms with Crippen LogP contribution in [0.1, 0.15) is 21.8 Å². The molecule has 0 bridgehead atoms. The Hall–Kier alpha value is -2.87. The van der Waals surface area contributed by atoms with Gasteiger partial charge in [-0.25, -0.2) is 0 Å². The molecule has 2 aromatic rings. The number of Topliss-reactive ketones (excluding diaryl/α,β-unsaturated/α-hetero) is 1. The van der Waals surface area contributed by atoms with Crippen LogP contribution in [0, 0.1) is 11.3 Å². The topological polar surface area (TPSA) is 72.2 Å². The van der Waals surface area contributed by atoms with E-state index in [1.54, 1.807) is 42.7 Å². The number of carbonyl (C=O) groups is 1. The second kappa shape index (κ2) is 5.02. The number of fused-ring (bicyclic) bond motifs is 1. The summed E-state index contributed by atoms with van der Waals surface area (Å²) in [6.07, 6.45) is 3.12. The lowest BCUT2D eigenvalue weighted by Gasteiger charge is -2.08. The van der Waals surface area contributed by atoms with Gasteiger partial charge in [0.15, 0.2) is 17.3 Å². The number of nitrogens with zero attached hydrogens (tertiary/aromatic N) is 2. The lowest BCUT2D eigenvalue weighted by atomic mass is 9.92. The summed E-state index contributed by atoms with van der Waals surface area (Å²) in [4.78, 5) is 16.3. The fraction of sp³-hybridized carbons (Fsp3) is 0.133. The Bertz CT molecular complexity index is 692. The maximum atomic E-state index is 12.4. The molecular weight excluding hydrogens is 256 g/mol. The van der Waals surface area contributed by atoms with Crippen molar-refractivity contribution in [3.63, 3.8) is 0 Å². The lowest BCUT2D eigenvalue weighted by Crippen LogP contribution is -2.11. The van der Waals surface area contributed by atoms with Crippen LogP contribution >= 0.6 is 0 Å². The van der Waals surface area contributed by atoms with Gasteiger partial charge in [0.05, 0.1) is 6.07 Å². The Kier molecular flexibility index (Phi) is 3.05. The Morgan fingerprint density at radius 2 is 1.95 bits per heavy atom. The molecule has 20 heavy (non-hydrogen) atoms. The van der Waals surface area contributed by atoms with Crippen molar-refractivity contribution in [2.24, 2.45) is 0 Å². The fourth-order valence-corrected chi connectivity index (χ4v) is 2.06. The molecule has 0 fully saturated rings. The highest BCUT2D eigenvalue weighted by atomic mass is 16.7. The molecule has 1 aliphatic heterocycles. The molecule has 1 aromatic carbocycles. The highest BCUT2D eigenvalue weighted by molar-refractivity contribution is 6.03. The van der Waals surface area contributed by atoms with E-state index in [0.717, 1.165) is 0 Å². The minimum atomic E-state index is -0.849. The van der Waals surface area contributed by atoms with Gasteiger partial charge in [0.25, 0.3) is 0 Å². The lowest BCUT2D eigenvalue weighted by molar-refractivity contribution is 0.0978. The molecule has 0 saturated carbocycles. The van der Waals surface area contributed by atoms with Gasteiger partial charge in [0.1, 0.15) is 5.92 Å². The first-order chi connectivity index (χ1) is 9.79. The first-order valence-corrected chi connectivity index (χ1v) is 6.03. The highest BCUT2D eigenvalue weighted by Crippen LogP contribution is 2.33. The Morgan fingerprint density at radius 1 is 1.20 bits per heavy atom. The summed E-state index contributed by atoms with van der Waals surface area (Å²) in [5.41, 5.74) is 1.06. The molecule has 3 rings (SSSR count). The van der Waals surface area contributed by atoms with Crippen molar-refractivity contribution < 1.29 is 14.3 Å². The molecule has 98 valence electrons. The zero-order valence-electron chi connectivity index (χ0n) is 10.4. The Morgan fingerprint density at radius 3 is 2.70 bits per heavy atom. The van der Waals surface area contributed by atoms with E-state index >= 15 is 0 Å². The van der Waals surface area contributed by atoms with Gasteiger partial charge in [0.2, 0.25) is 6.79 Å². The molecule has 0 saturated heterocycles. The summed E-state index contributed by atoms with van der Waals surface area (Å²) < 4.78 is 10.4. The number of hydrogen-bond donors (Lipinski definition) is 0. The first-order valence-electron chi connectivity index (χ1n) is 6.03. The standard InChI is InChI=1S/C15H10N2O3/c16-8-12(10-3-5-17-6-4-10)15(18)11-1-2-13-14(7-11)20-9-19-13/h1-7,12H,9H2. The predicted molar refractivity (Wildman–Crippen MR) is 69.5 cm³/mol. The predicted octanol–water partition coefficient (Wildman–Crippen LogP) is 2.30. The number of ketones is 1. The molecule has 0 amide bonds. The summed E-state index contributed by atoms with van der Waals surface area (Å²) >= 11 is 0.